The summed E-state index contributed by atoms with van der Waals surface area (Å²) in [4.78, 5) is 9.76. The van der Waals surface area contributed by atoms with Gasteiger partial charge in [-0.2, -0.15) is 0 Å². The number of pyridine rings is 1. The van der Waals surface area contributed by atoms with E-state index in [4.69, 9.17) is 10.5 Å². The summed E-state index contributed by atoms with van der Waals surface area (Å²) in [6, 6.07) is 0. The van der Waals surface area contributed by atoms with E-state index in [2.05, 4.69) is 23.8 Å². The van der Waals surface area contributed by atoms with Gasteiger partial charge in [0.1, 0.15) is 10.3 Å². The zero-order valence-electron chi connectivity index (χ0n) is 10.5. The van der Waals surface area contributed by atoms with E-state index in [9.17, 15) is 0 Å². The van der Waals surface area contributed by atoms with Crippen molar-refractivity contribution < 1.29 is 4.74 Å². The minimum Gasteiger partial charge on any atom is -0.397 e. The van der Waals surface area contributed by atoms with E-state index in [1.165, 1.54) is 0 Å². The number of nitrogens with zero attached hydrogens (tertiary/aromatic N) is 2. The van der Waals surface area contributed by atoms with Crippen LogP contribution in [0.2, 0.25) is 0 Å². The van der Waals surface area contributed by atoms with E-state index in [0.29, 0.717) is 11.6 Å². The molecule has 5 heteroatoms. The van der Waals surface area contributed by atoms with Crippen molar-refractivity contribution in [1.29, 1.82) is 0 Å². The van der Waals surface area contributed by atoms with Crippen molar-refractivity contribution in [3.05, 3.63) is 16.8 Å². The van der Waals surface area contributed by atoms with E-state index in [1.807, 2.05) is 6.92 Å². The summed E-state index contributed by atoms with van der Waals surface area (Å²) < 4.78 is 5.55. The molecule has 2 N–H and O–H groups in total. The van der Waals surface area contributed by atoms with Crippen molar-refractivity contribution in [1.82, 2.24) is 9.97 Å². The van der Waals surface area contributed by atoms with Gasteiger partial charge in [-0.15, -0.1) is 0 Å². The highest BCUT2D eigenvalue weighted by Crippen LogP contribution is 2.35. The van der Waals surface area contributed by atoms with Crippen molar-refractivity contribution in [2.45, 2.75) is 26.9 Å². The van der Waals surface area contributed by atoms with Crippen LogP contribution < -0.4 is 5.73 Å². The van der Waals surface area contributed by atoms with Crippen LogP contribution in [0.5, 0.6) is 0 Å². The Balaban J connectivity index is 2.68. The van der Waals surface area contributed by atoms with E-state index < -0.39 is 0 Å². The number of hydrogen-bond donors (Lipinski definition) is 1. The van der Waals surface area contributed by atoms with E-state index >= 15 is 0 Å². The number of rotatable bonds is 3. The van der Waals surface area contributed by atoms with Gasteiger partial charge in [0.15, 0.2) is 0 Å². The van der Waals surface area contributed by atoms with Crippen LogP contribution in [0.15, 0.2) is 6.20 Å². The first-order valence-electron chi connectivity index (χ1n) is 5.59. The summed E-state index contributed by atoms with van der Waals surface area (Å²) in [5.74, 6) is 0.343. The second-order valence-corrected chi connectivity index (χ2v) is 5.60. The largest absolute Gasteiger partial charge is 0.397 e. The molecule has 2 aromatic rings. The number of fused-ring (bicyclic) bond motifs is 1. The molecular formula is C12H17N3OS. The monoisotopic (exact) mass is 251 g/mol. The van der Waals surface area contributed by atoms with Crippen LogP contribution in [-0.2, 0) is 4.74 Å². The quantitative estimate of drug-likeness (QED) is 0.911. The number of methoxy groups -OCH3 is 1. The fraction of sp³-hybridized carbons (Fsp3) is 0.500. The van der Waals surface area contributed by atoms with Crippen molar-refractivity contribution in [3.63, 3.8) is 0 Å². The molecule has 0 aliphatic carbocycles. The normalized spacial score (nSPS) is 13.5. The Hall–Kier alpha value is -1.20. The number of aryl methyl sites for hydroxylation is 1. The summed E-state index contributed by atoms with van der Waals surface area (Å²) in [6.07, 6.45) is 1.66. The van der Waals surface area contributed by atoms with Crippen LogP contribution in [-0.4, -0.2) is 17.1 Å². The molecule has 1 unspecified atom stereocenters. The molecule has 92 valence electrons. The number of hydrogen-bond acceptors (Lipinski definition) is 5. The Morgan fingerprint density at radius 2 is 2.12 bits per heavy atom. The summed E-state index contributed by atoms with van der Waals surface area (Å²) in [7, 11) is 1.70. The second kappa shape index (κ2) is 4.58. The minimum atomic E-state index is -0.0398. The maximum Gasteiger partial charge on any atom is 0.143 e. The molecule has 0 saturated carbocycles. The average Bonchev–Trinajstić information content (AvgIpc) is 2.63. The number of nitrogen functional groups attached to an aromatic ring is 1. The predicted molar refractivity (Wildman–Crippen MR) is 71.2 cm³/mol. The van der Waals surface area contributed by atoms with Gasteiger partial charge in [0.25, 0.3) is 0 Å². The molecule has 1 atom stereocenters. The summed E-state index contributed by atoms with van der Waals surface area (Å²) in [5.41, 5.74) is 8.54. The third-order valence-corrected chi connectivity index (χ3v) is 3.63. The second-order valence-electron chi connectivity index (χ2n) is 4.41. The topological polar surface area (TPSA) is 61.0 Å². The molecule has 0 aliphatic rings. The Morgan fingerprint density at radius 3 is 2.71 bits per heavy atom. The number of aromatic nitrogens is 2. The fourth-order valence-corrected chi connectivity index (χ4v) is 2.81. The lowest BCUT2D eigenvalue weighted by Crippen LogP contribution is -2.12. The minimum absolute atomic E-state index is 0.0398. The maximum atomic E-state index is 6.03. The molecule has 4 nitrogen and oxygen atoms in total. The van der Waals surface area contributed by atoms with Crippen LogP contribution in [0.25, 0.3) is 10.3 Å². The predicted octanol–water partition coefficient (Wildman–Crippen LogP) is 2.93. The van der Waals surface area contributed by atoms with Gasteiger partial charge in [0, 0.05) is 12.7 Å². The first kappa shape index (κ1) is 12.3. The maximum absolute atomic E-state index is 6.03. The first-order valence-corrected chi connectivity index (χ1v) is 6.40. The van der Waals surface area contributed by atoms with Crippen LogP contribution in [0.3, 0.4) is 0 Å². The molecule has 17 heavy (non-hydrogen) atoms. The zero-order valence-corrected chi connectivity index (χ0v) is 11.3. The molecule has 0 radical (unpaired) electrons. The molecule has 2 aromatic heterocycles. The van der Waals surface area contributed by atoms with Gasteiger partial charge in [0.2, 0.25) is 0 Å². The van der Waals surface area contributed by atoms with E-state index in [0.717, 1.165) is 20.9 Å². The Labute approximate surface area is 105 Å². The Bertz CT molecular complexity index is 536. The fourth-order valence-electron chi connectivity index (χ4n) is 2.04. The standard InChI is InChI=1S/C12H17N3OS/c1-6(2)11(16-4)9-8(13)5-14-12-10(9)15-7(3)17-12/h5-6,11H,13H2,1-4H3. The van der Waals surface area contributed by atoms with E-state index in [1.54, 1.807) is 24.6 Å². The highest BCUT2D eigenvalue weighted by molar-refractivity contribution is 7.18. The third kappa shape index (κ3) is 2.12. The lowest BCUT2D eigenvalue weighted by Gasteiger charge is -2.21. The highest BCUT2D eigenvalue weighted by atomic mass is 32.1. The van der Waals surface area contributed by atoms with Crippen molar-refractivity contribution >= 4 is 27.4 Å². The molecule has 0 aliphatic heterocycles. The van der Waals surface area contributed by atoms with Gasteiger partial charge in [-0.3, -0.25) is 0 Å². The van der Waals surface area contributed by atoms with Gasteiger partial charge in [-0.05, 0) is 12.8 Å². The lowest BCUT2D eigenvalue weighted by atomic mass is 9.98. The van der Waals surface area contributed by atoms with Crippen molar-refractivity contribution in [2.24, 2.45) is 5.92 Å². The molecule has 0 amide bonds. The van der Waals surface area contributed by atoms with Crippen molar-refractivity contribution in [2.75, 3.05) is 12.8 Å². The van der Waals surface area contributed by atoms with Crippen LogP contribution >= 0.6 is 11.3 Å². The molecule has 2 rings (SSSR count). The summed E-state index contributed by atoms with van der Waals surface area (Å²) in [6.45, 7) is 6.20. The SMILES string of the molecule is COC(c1c(N)cnc2sc(C)nc12)C(C)C. The smallest absolute Gasteiger partial charge is 0.143 e. The van der Waals surface area contributed by atoms with Gasteiger partial charge in [-0.25, -0.2) is 9.97 Å². The third-order valence-electron chi connectivity index (χ3n) is 2.75. The van der Waals surface area contributed by atoms with E-state index in [-0.39, 0.29) is 6.10 Å². The van der Waals surface area contributed by atoms with Gasteiger partial charge >= 0.3 is 0 Å². The number of ether oxygens (including phenoxy) is 1. The molecular weight excluding hydrogens is 234 g/mol. The molecule has 0 aromatic carbocycles. The van der Waals surface area contributed by atoms with Crippen LogP contribution in [0.1, 0.15) is 30.5 Å². The molecule has 2 heterocycles. The zero-order chi connectivity index (χ0) is 12.6. The highest BCUT2D eigenvalue weighted by Gasteiger charge is 2.22. The first-order chi connectivity index (χ1) is 8.04. The van der Waals surface area contributed by atoms with Crippen LogP contribution in [0, 0.1) is 12.8 Å². The Morgan fingerprint density at radius 1 is 1.41 bits per heavy atom. The summed E-state index contributed by atoms with van der Waals surface area (Å²) in [5, 5.41) is 0.998. The number of nitrogens with two attached hydrogens (primary N) is 1. The molecule has 0 spiro atoms. The van der Waals surface area contributed by atoms with Gasteiger partial charge in [0.05, 0.1) is 23.0 Å². The number of thiazole rings is 1. The molecule has 0 fully saturated rings. The number of anilines is 1. The molecule has 0 saturated heterocycles. The lowest BCUT2D eigenvalue weighted by molar-refractivity contribution is 0.0662. The summed E-state index contributed by atoms with van der Waals surface area (Å²) >= 11 is 1.58. The molecule has 0 bridgehead atoms. The Kier molecular flexibility index (Phi) is 3.31. The van der Waals surface area contributed by atoms with Crippen LogP contribution in [0.4, 0.5) is 5.69 Å². The van der Waals surface area contributed by atoms with Gasteiger partial charge in [-0.1, -0.05) is 25.2 Å². The average molecular weight is 251 g/mol. The van der Waals surface area contributed by atoms with Gasteiger partial charge < -0.3 is 10.5 Å². The van der Waals surface area contributed by atoms with Crippen molar-refractivity contribution in [3.8, 4) is 0 Å².